The molecule has 8 nitrogen and oxygen atoms in total. The number of likely N-dealkylation sites (N-methyl/N-ethyl adjacent to an activating group) is 1. The summed E-state index contributed by atoms with van der Waals surface area (Å²) in [6.07, 6.45) is 17.9. The van der Waals surface area contributed by atoms with Crippen LogP contribution in [0.25, 0.3) is 0 Å². The van der Waals surface area contributed by atoms with E-state index < -0.39 is 6.10 Å². The highest BCUT2D eigenvalue weighted by molar-refractivity contribution is 5.40. The van der Waals surface area contributed by atoms with Crippen LogP contribution in [0.3, 0.4) is 0 Å². The van der Waals surface area contributed by atoms with E-state index in [9.17, 15) is 5.11 Å². The Bertz CT molecular complexity index is 1100. The average Bonchev–Trinajstić information content (AvgIpc) is 3.63. The third-order valence-electron chi connectivity index (χ3n) is 15.8. The molecule has 2 bridgehead atoms. The number of fused-ring (bicyclic) bond motifs is 1. The van der Waals surface area contributed by atoms with E-state index in [-0.39, 0.29) is 47.2 Å². The Morgan fingerprint density at radius 3 is 2.29 bits per heavy atom. The van der Waals surface area contributed by atoms with Crippen molar-refractivity contribution in [3.8, 4) is 0 Å². The van der Waals surface area contributed by atoms with Gasteiger partial charge in [-0.25, -0.2) is 0 Å². The molecule has 7 N–H and O–H groups in total. The number of piperidine rings is 2. The Morgan fingerprint density at radius 2 is 1.63 bits per heavy atom. The van der Waals surface area contributed by atoms with Gasteiger partial charge < -0.3 is 36.8 Å². The first-order chi connectivity index (χ1) is 23.7. The van der Waals surface area contributed by atoms with Crippen LogP contribution in [0, 0.1) is 34.5 Å². The number of nitrogens with one attached hydrogen (secondary N) is 4. The maximum Gasteiger partial charge on any atom is 0.0797 e. The maximum atomic E-state index is 11.6. The molecular weight excluding hydrogens is 608 g/mol. The highest BCUT2D eigenvalue weighted by Crippen LogP contribution is 2.71. The molecule has 7 rings (SSSR count). The summed E-state index contributed by atoms with van der Waals surface area (Å²) in [5.41, 5.74) is 6.67. The van der Waals surface area contributed by atoms with Gasteiger partial charge in [0.05, 0.1) is 18.3 Å². The first-order valence-electron chi connectivity index (χ1n) is 21.4. The minimum atomic E-state index is -0.456. The van der Waals surface area contributed by atoms with Gasteiger partial charge in [-0.15, -0.1) is 0 Å². The van der Waals surface area contributed by atoms with E-state index >= 15 is 0 Å². The van der Waals surface area contributed by atoms with Gasteiger partial charge in [0.25, 0.3) is 0 Å². The standard InChI is InChI=1S/C41H76N6O2/c1-8-10-11-16-20-31-25(5)35-28(17-9-2)40-37(30(47(35)7)21-24(3)4)46-34(27-18-14-12-13-15-19-27)39(40)44-29(22-42)36-41(40)32(49-31)23-43-38(41)33(45-36)26(6)48/h24-39,43-46,48H,8-23,42H2,1-7H3/t25-,26-,28?,29-,30-,31+,32?,33+,34-,35?,36?,37?,38?,39?,40?,41?/m0/s1. The molecule has 8 heteroatoms. The minimum Gasteiger partial charge on any atom is -0.392 e. The van der Waals surface area contributed by atoms with Crippen molar-refractivity contribution in [1.82, 2.24) is 26.2 Å². The summed E-state index contributed by atoms with van der Waals surface area (Å²) >= 11 is 0. The SMILES string of the molecule is CCCCCC[C@H]1OC2CNC3[C@@H]([C@H](C)O)NC4[C@H](CN)NC5[C@H](C6CCCCCC6)NC6[C@H](CC(C)C)N(C)C(C(CCC)C56C243)[C@H]1C. The normalized spacial score (nSPS) is 49.0. The molecule has 0 aromatic heterocycles. The summed E-state index contributed by atoms with van der Waals surface area (Å²) in [7, 11) is 2.51. The minimum absolute atomic E-state index is 0.0241. The second-order valence-corrected chi connectivity index (χ2v) is 18.7. The molecule has 6 heterocycles. The number of likely N-dealkylation sites (tertiary alicyclic amines) is 1. The topological polar surface area (TPSA) is 107 Å². The Hall–Kier alpha value is -0.320. The smallest absolute Gasteiger partial charge is 0.0797 e. The molecule has 9 unspecified atom stereocenters. The molecule has 49 heavy (non-hydrogen) atoms. The number of aliphatic hydroxyl groups is 1. The maximum absolute atomic E-state index is 11.6. The Balaban J connectivity index is 1.48. The monoisotopic (exact) mass is 685 g/mol. The number of hydrogen-bond acceptors (Lipinski definition) is 8. The highest BCUT2D eigenvalue weighted by Gasteiger charge is 2.84. The van der Waals surface area contributed by atoms with Crippen molar-refractivity contribution < 1.29 is 9.84 Å². The van der Waals surface area contributed by atoms with Gasteiger partial charge in [0.15, 0.2) is 0 Å². The lowest BCUT2D eigenvalue weighted by molar-refractivity contribution is -0.255. The zero-order chi connectivity index (χ0) is 34.7. The van der Waals surface area contributed by atoms with Gasteiger partial charge in [-0.1, -0.05) is 92.4 Å². The fourth-order valence-electron chi connectivity index (χ4n) is 14.3. The van der Waals surface area contributed by atoms with Gasteiger partial charge in [0.1, 0.15) is 0 Å². The quantitative estimate of drug-likeness (QED) is 0.129. The van der Waals surface area contributed by atoms with E-state index in [0.717, 1.165) is 13.0 Å². The van der Waals surface area contributed by atoms with E-state index in [0.29, 0.717) is 60.4 Å². The van der Waals surface area contributed by atoms with Crippen molar-refractivity contribution in [1.29, 1.82) is 0 Å². The fraction of sp³-hybridized carbons (Fsp3) is 1.00. The summed E-state index contributed by atoms with van der Waals surface area (Å²) in [5.74, 6) is 2.27. The molecule has 0 aromatic rings. The van der Waals surface area contributed by atoms with Crippen molar-refractivity contribution in [2.45, 2.75) is 204 Å². The summed E-state index contributed by atoms with van der Waals surface area (Å²) in [4.78, 5) is 2.91. The molecule has 1 aliphatic carbocycles. The van der Waals surface area contributed by atoms with Gasteiger partial charge >= 0.3 is 0 Å². The molecule has 282 valence electrons. The van der Waals surface area contributed by atoms with Crippen LogP contribution in [0.5, 0.6) is 0 Å². The zero-order valence-electron chi connectivity index (χ0n) is 32.4. The molecule has 0 amide bonds. The van der Waals surface area contributed by atoms with E-state index in [2.05, 4.69) is 67.8 Å². The molecule has 7 fully saturated rings. The predicted molar refractivity (Wildman–Crippen MR) is 200 cm³/mol. The zero-order valence-corrected chi connectivity index (χ0v) is 32.4. The number of unbranched alkanes of at least 4 members (excludes halogenated alkanes) is 3. The second-order valence-electron chi connectivity index (χ2n) is 18.7. The van der Waals surface area contributed by atoms with Gasteiger partial charge in [0, 0.05) is 78.3 Å². The molecule has 6 aliphatic heterocycles. The van der Waals surface area contributed by atoms with E-state index in [1.54, 1.807) is 0 Å². The van der Waals surface area contributed by atoms with Crippen LogP contribution in [0.2, 0.25) is 0 Å². The number of hydrogen-bond donors (Lipinski definition) is 6. The second kappa shape index (κ2) is 14.8. The third-order valence-corrected chi connectivity index (χ3v) is 15.8. The van der Waals surface area contributed by atoms with Crippen LogP contribution in [0.1, 0.15) is 131 Å². The van der Waals surface area contributed by atoms with Crippen molar-refractivity contribution in [2.75, 3.05) is 20.1 Å². The fourth-order valence-corrected chi connectivity index (χ4v) is 14.3. The Morgan fingerprint density at radius 1 is 0.878 bits per heavy atom. The molecule has 7 aliphatic rings. The number of aliphatic hydroxyl groups excluding tert-OH is 1. The lowest BCUT2D eigenvalue weighted by atomic mass is 9.39. The third kappa shape index (κ3) is 5.57. The summed E-state index contributed by atoms with van der Waals surface area (Å²) in [5, 5.41) is 29.0. The van der Waals surface area contributed by atoms with Crippen LogP contribution in [-0.4, -0.2) is 103 Å². The summed E-state index contributed by atoms with van der Waals surface area (Å²) in [6, 6.07) is 2.45. The molecular formula is C41H76N6O2. The predicted octanol–water partition coefficient (Wildman–Crippen LogP) is 4.78. The van der Waals surface area contributed by atoms with Crippen LogP contribution in [0.4, 0.5) is 0 Å². The number of rotatable bonds is 12. The highest BCUT2D eigenvalue weighted by atomic mass is 16.5. The molecule has 2 spiro atoms. The van der Waals surface area contributed by atoms with Crippen molar-refractivity contribution in [3.05, 3.63) is 0 Å². The Kier molecular flexibility index (Phi) is 11.2. The molecule has 0 aromatic carbocycles. The van der Waals surface area contributed by atoms with Crippen molar-refractivity contribution in [2.24, 2.45) is 40.2 Å². The average molecular weight is 685 g/mol. The first-order valence-corrected chi connectivity index (χ1v) is 21.4. The molecule has 1 saturated carbocycles. The molecule has 16 atom stereocenters. The van der Waals surface area contributed by atoms with E-state index in [1.165, 1.54) is 83.5 Å². The summed E-state index contributed by atoms with van der Waals surface area (Å²) in [6.45, 7) is 15.7. The van der Waals surface area contributed by atoms with Gasteiger partial charge in [-0.3, -0.25) is 4.90 Å². The lowest BCUT2D eigenvalue weighted by Crippen LogP contribution is -2.85. The van der Waals surface area contributed by atoms with Gasteiger partial charge in [-0.2, -0.15) is 0 Å². The number of nitrogens with two attached hydrogens (primary N) is 1. The van der Waals surface area contributed by atoms with E-state index in [1.807, 2.05) is 6.92 Å². The van der Waals surface area contributed by atoms with Crippen LogP contribution < -0.4 is 27.0 Å². The Labute approximate surface area is 300 Å². The lowest BCUT2D eigenvalue weighted by Gasteiger charge is -2.72. The first kappa shape index (κ1) is 37.0. The summed E-state index contributed by atoms with van der Waals surface area (Å²) < 4.78 is 7.81. The largest absolute Gasteiger partial charge is 0.392 e. The number of ether oxygens (including phenoxy) is 1. The van der Waals surface area contributed by atoms with Crippen molar-refractivity contribution in [3.63, 3.8) is 0 Å². The molecule has 0 radical (unpaired) electrons. The van der Waals surface area contributed by atoms with Gasteiger partial charge in [0.2, 0.25) is 0 Å². The number of nitrogens with zero attached hydrogens (tertiary/aromatic N) is 1. The van der Waals surface area contributed by atoms with Crippen molar-refractivity contribution >= 4 is 0 Å². The van der Waals surface area contributed by atoms with E-state index in [4.69, 9.17) is 10.5 Å². The molecule has 6 saturated heterocycles. The van der Waals surface area contributed by atoms with Crippen LogP contribution in [-0.2, 0) is 4.74 Å². The van der Waals surface area contributed by atoms with Gasteiger partial charge in [-0.05, 0) is 69.7 Å². The van der Waals surface area contributed by atoms with Crippen LogP contribution in [0.15, 0.2) is 0 Å². The van der Waals surface area contributed by atoms with Crippen LogP contribution >= 0.6 is 0 Å².